The molecule has 0 radical (unpaired) electrons. The molecular formula is C12H16N4. The second-order valence-corrected chi connectivity index (χ2v) is 4.30. The molecular weight excluding hydrogens is 200 g/mol. The average molecular weight is 216 g/mol. The van der Waals surface area contributed by atoms with Crippen LogP contribution in [-0.4, -0.2) is 16.0 Å². The maximum Gasteiger partial charge on any atom is 0.0724 e. The number of aromatic nitrogens is 2. The fraction of sp³-hybridized carbons (Fsp3) is 0.583. The number of nitrogens with zero attached hydrogens (tertiary/aromatic N) is 3. The first-order valence-corrected chi connectivity index (χ1v) is 5.70. The minimum Gasteiger partial charge on any atom is -0.307 e. The molecule has 1 heterocycles. The monoisotopic (exact) mass is 216 g/mol. The third-order valence-corrected chi connectivity index (χ3v) is 3.06. The third kappa shape index (κ3) is 2.56. The normalized spacial score (nSPS) is 24.2. The highest BCUT2D eigenvalue weighted by Crippen LogP contribution is 2.24. The zero-order valence-electron chi connectivity index (χ0n) is 9.48. The predicted molar refractivity (Wildman–Crippen MR) is 60.4 cm³/mol. The molecule has 1 aromatic heterocycles. The maximum absolute atomic E-state index is 8.95. The van der Waals surface area contributed by atoms with Crippen molar-refractivity contribution in [3.8, 4) is 6.07 Å². The molecule has 4 nitrogen and oxygen atoms in total. The van der Waals surface area contributed by atoms with Crippen molar-refractivity contribution in [1.29, 1.82) is 5.26 Å². The summed E-state index contributed by atoms with van der Waals surface area (Å²) in [4.78, 5) is 8.48. The van der Waals surface area contributed by atoms with Gasteiger partial charge >= 0.3 is 0 Å². The van der Waals surface area contributed by atoms with E-state index in [1.807, 2.05) is 6.92 Å². The van der Waals surface area contributed by atoms with Crippen molar-refractivity contribution < 1.29 is 0 Å². The van der Waals surface area contributed by atoms with Crippen LogP contribution in [0.5, 0.6) is 0 Å². The van der Waals surface area contributed by atoms with Crippen molar-refractivity contribution in [2.45, 2.75) is 38.8 Å². The van der Waals surface area contributed by atoms with Crippen LogP contribution < -0.4 is 5.32 Å². The lowest BCUT2D eigenvalue weighted by Crippen LogP contribution is -2.31. The van der Waals surface area contributed by atoms with E-state index in [4.69, 9.17) is 5.26 Å². The van der Waals surface area contributed by atoms with Gasteiger partial charge in [0.05, 0.1) is 23.4 Å². The van der Waals surface area contributed by atoms with Gasteiger partial charge in [-0.1, -0.05) is 6.42 Å². The quantitative estimate of drug-likeness (QED) is 0.833. The molecule has 1 aliphatic rings. The van der Waals surface area contributed by atoms with E-state index in [0.29, 0.717) is 12.6 Å². The van der Waals surface area contributed by atoms with Crippen molar-refractivity contribution in [3.63, 3.8) is 0 Å². The molecule has 2 unspecified atom stereocenters. The van der Waals surface area contributed by atoms with Crippen LogP contribution in [0.4, 0.5) is 0 Å². The zero-order chi connectivity index (χ0) is 11.4. The average Bonchev–Trinajstić information content (AvgIpc) is 2.76. The topological polar surface area (TPSA) is 61.6 Å². The molecule has 1 N–H and O–H groups in total. The van der Waals surface area contributed by atoms with E-state index in [1.165, 1.54) is 0 Å². The molecule has 84 valence electrons. The lowest BCUT2D eigenvalue weighted by atomic mass is 10.1. The number of hydrogen-bond acceptors (Lipinski definition) is 4. The smallest absolute Gasteiger partial charge is 0.0724 e. The number of nitrogens with one attached hydrogen (secondary N) is 1. The van der Waals surface area contributed by atoms with Crippen LogP contribution >= 0.6 is 0 Å². The Morgan fingerprint density at radius 1 is 1.44 bits per heavy atom. The summed E-state index contributed by atoms with van der Waals surface area (Å²) in [5.74, 6) is 0.165. The Kier molecular flexibility index (Phi) is 3.47. The van der Waals surface area contributed by atoms with Gasteiger partial charge in [-0.15, -0.1) is 0 Å². The van der Waals surface area contributed by atoms with Crippen LogP contribution in [0.3, 0.4) is 0 Å². The first-order chi connectivity index (χ1) is 7.79. The van der Waals surface area contributed by atoms with Gasteiger partial charge in [0.25, 0.3) is 0 Å². The molecule has 16 heavy (non-hydrogen) atoms. The molecule has 0 spiro atoms. The highest BCUT2D eigenvalue weighted by molar-refractivity contribution is 5.02. The Bertz CT molecular complexity index is 379. The van der Waals surface area contributed by atoms with Crippen LogP contribution in [0.25, 0.3) is 0 Å². The first kappa shape index (κ1) is 11.0. The molecule has 1 aliphatic carbocycles. The molecule has 0 aliphatic heterocycles. The van der Waals surface area contributed by atoms with Crippen LogP contribution in [0.1, 0.15) is 30.7 Å². The van der Waals surface area contributed by atoms with Gasteiger partial charge in [-0.25, -0.2) is 0 Å². The molecule has 0 amide bonds. The standard InChI is InChI=1S/C12H16N4/c1-9-6-15-11(7-14-9)8-16-12-4-2-3-10(12)5-13/h6-7,10,12,16H,2-4,8H2,1H3. The second kappa shape index (κ2) is 5.04. The van der Waals surface area contributed by atoms with E-state index in [0.717, 1.165) is 30.7 Å². The van der Waals surface area contributed by atoms with E-state index in [1.54, 1.807) is 12.4 Å². The fourth-order valence-electron chi connectivity index (χ4n) is 2.11. The lowest BCUT2D eigenvalue weighted by Gasteiger charge is -2.14. The SMILES string of the molecule is Cc1cnc(CNC2CCCC2C#N)cn1. The summed E-state index contributed by atoms with van der Waals surface area (Å²) in [6.07, 6.45) is 6.83. The molecule has 4 heteroatoms. The van der Waals surface area contributed by atoms with Gasteiger partial charge < -0.3 is 5.32 Å². The van der Waals surface area contributed by atoms with Gasteiger partial charge in [-0.3, -0.25) is 9.97 Å². The summed E-state index contributed by atoms with van der Waals surface area (Å²) in [6.45, 7) is 2.63. The summed E-state index contributed by atoms with van der Waals surface area (Å²) in [5, 5.41) is 12.3. The molecule has 2 rings (SSSR count). The highest BCUT2D eigenvalue weighted by atomic mass is 14.9. The van der Waals surface area contributed by atoms with Gasteiger partial charge in [0, 0.05) is 25.0 Å². The van der Waals surface area contributed by atoms with Gasteiger partial charge in [0.2, 0.25) is 0 Å². The van der Waals surface area contributed by atoms with Crippen LogP contribution in [0, 0.1) is 24.2 Å². The van der Waals surface area contributed by atoms with Gasteiger partial charge in [0.15, 0.2) is 0 Å². The van der Waals surface area contributed by atoms with Crippen molar-refractivity contribution in [2.24, 2.45) is 5.92 Å². The first-order valence-electron chi connectivity index (χ1n) is 5.70. The number of aryl methyl sites for hydroxylation is 1. The molecule has 0 saturated heterocycles. The van der Waals surface area contributed by atoms with E-state index < -0.39 is 0 Å². The van der Waals surface area contributed by atoms with E-state index >= 15 is 0 Å². The zero-order valence-corrected chi connectivity index (χ0v) is 9.48. The third-order valence-electron chi connectivity index (χ3n) is 3.06. The number of rotatable bonds is 3. The Hall–Kier alpha value is -1.47. The van der Waals surface area contributed by atoms with Crippen molar-refractivity contribution >= 4 is 0 Å². The Morgan fingerprint density at radius 2 is 2.31 bits per heavy atom. The predicted octanol–water partition coefficient (Wildman–Crippen LogP) is 1.57. The Balaban J connectivity index is 1.88. The van der Waals surface area contributed by atoms with Gasteiger partial charge in [-0.05, 0) is 19.8 Å². The summed E-state index contributed by atoms with van der Waals surface area (Å²) in [7, 11) is 0. The Morgan fingerprint density at radius 3 is 3.00 bits per heavy atom. The van der Waals surface area contributed by atoms with Gasteiger partial charge in [0.1, 0.15) is 0 Å². The second-order valence-electron chi connectivity index (χ2n) is 4.30. The van der Waals surface area contributed by atoms with E-state index in [9.17, 15) is 0 Å². The van der Waals surface area contributed by atoms with Gasteiger partial charge in [-0.2, -0.15) is 5.26 Å². The minimum atomic E-state index is 0.165. The Labute approximate surface area is 95.7 Å². The summed E-state index contributed by atoms with van der Waals surface area (Å²) >= 11 is 0. The molecule has 1 fully saturated rings. The van der Waals surface area contributed by atoms with Crippen LogP contribution in [-0.2, 0) is 6.54 Å². The molecule has 1 aromatic rings. The summed E-state index contributed by atoms with van der Waals surface area (Å²) < 4.78 is 0. The van der Waals surface area contributed by atoms with Crippen LogP contribution in [0.2, 0.25) is 0 Å². The van der Waals surface area contributed by atoms with Crippen LogP contribution in [0.15, 0.2) is 12.4 Å². The van der Waals surface area contributed by atoms with Crippen molar-refractivity contribution in [2.75, 3.05) is 0 Å². The van der Waals surface area contributed by atoms with Crippen molar-refractivity contribution in [1.82, 2.24) is 15.3 Å². The van der Waals surface area contributed by atoms with E-state index in [2.05, 4.69) is 21.4 Å². The molecule has 0 bridgehead atoms. The largest absolute Gasteiger partial charge is 0.307 e. The molecule has 0 aromatic carbocycles. The van der Waals surface area contributed by atoms with Crippen molar-refractivity contribution in [3.05, 3.63) is 23.8 Å². The number of hydrogen-bond donors (Lipinski definition) is 1. The minimum absolute atomic E-state index is 0.165. The summed E-state index contributed by atoms with van der Waals surface area (Å²) in [5.41, 5.74) is 1.87. The van der Waals surface area contributed by atoms with E-state index in [-0.39, 0.29) is 5.92 Å². The maximum atomic E-state index is 8.95. The molecule has 1 saturated carbocycles. The fourth-order valence-corrected chi connectivity index (χ4v) is 2.11. The molecule has 2 atom stereocenters. The number of nitriles is 1. The lowest BCUT2D eigenvalue weighted by molar-refractivity contribution is 0.461. The highest BCUT2D eigenvalue weighted by Gasteiger charge is 2.26. The summed E-state index contributed by atoms with van der Waals surface area (Å²) in [6, 6.07) is 2.69.